The lowest BCUT2D eigenvalue weighted by Gasteiger charge is -2.22. The van der Waals surface area contributed by atoms with Crippen molar-refractivity contribution in [1.29, 1.82) is 0 Å². The monoisotopic (exact) mass is 290 g/mol. The quantitative estimate of drug-likeness (QED) is 0.545. The van der Waals surface area contributed by atoms with Crippen molar-refractivity contribution >= 4 is 5.97 Å². The maximum Gasteiger partial charge on any atom is 0.306 e. The predicted molar refractivity (Wildman–Crippen MR) is 83.4 cm³/mol. The molecule has 0 aliphatic heterocycles. The van der Waals surface area contributed by atoms with Gasteiger partial charge in [0.15, 0.2) is 0 Å². The van der Waals surface area contributed by atoms with Crippen LogP contribution in [-0.4, -0.2) is 34.9 Å². The number of carboxylic acid groups (broad SMARTS) is 1. The fourth-order valence-corrected chi connectivity index (χ4v) is 1.61. The zero-order valence-electron chi connectivity index (χ0n) is 13.7. The van der Waals surface area contributed by atoms with Gasteiger partial charge in [0.1, 0.15) is 0 Å². The highest BCUT2D eigenvalue weighted by atomic mass is 16.4. The van der Waals surface area contributed by atoms with Crippen LogP contribution in [-0.2, 0) is 4.79 Å². The number of aliphatic hydroxyl groups excluding tert-OH is 1. The topological polar surface area (TPSA) is 110 Å². The van der Waals surface area contributed by atoms with Crippen LogP contribution in [0.2, 0.25) is 0 Å². The molecular formula is C15H34N2O3. The lowest BCUT2D eigenvalue weighted by molar-refractivity contribution is -0.143. The molecule has 0 bridgehead atoms. The second-order valence-electron chi connectivity index (χ2n) is 6.17. The van der Waals surface area contributed by atoms with E-state index in [4.69, 9.17) is 16.6 Å². The number of aliphatic carboxylic acids is 1. The summed E-state index contributed by atoms with van der Waals surface area (Å²) in [5.74, 6) is -0.263. The van der Waals surface area contributed by atoms with Crippen molar-refractivity contribution < 1.29 is 15.0 Å². The van der Waals surface area contributed by atoms with Crippen LogP contribution in [0.1, 0.15) is 53.9 Å². The van der Waals surface area contributed by atoms with Gasteiger partial charge in [-0.1, -0.05) is 34.6 Å². The fourth-order valence-electron chi connectivity index (χ4n) is 1.61. The highest BCUT2D eigenvalue weighted by molar-refractivity contribution is 5.69. The molecule has 20 heavy (non-hydrogen) atoms. The minimum absolute atomic E-state index is 0.250. The first-order valence-corrected chi connectivity index (χ1v) is 7.52. The third-order valence-corrected chi connectivity index (χ3v) is 3.08. The molecule has 0 aromatic carbocycles. The number of carbonyl (C=O) groups is 1. The molecule has 0 fully saturated rings. The molecule has 0 radical (unpaired) electrons. The van der Waals surface area contributed by atoms with Crippen LogP contribution in [0.25, 0.3) is 0 Å². The molecule has 0 rings (SSSR count). The van der Waals surface area contributed by atoms with Crippen molar-refractivity contribution in [1.82, 2.24) is 0 Å². The van der Waals surface area contributed by atoms with Gasteiger partial charge in [-0.3, -0.25) is 4.79 Å². The van der Waals surface area contributed by atoms with Crippen molar-refractivity contribution in [2.75, 3.05) is 6.54 Å². The Morgan fingerprint density at radius 3 is 1.80 bits per heavy atom. The molecule has 0 aliphatic carbocycles. The SMILES string of the molecule is CC(C)CN.CCC(C[C@H](O)[C@@H](N)CC(C)C)C(=O)O. The largest absolute Gasteiger partial charge is 0.481 e. The summed E-state index contributed by atoms with van der Waals surface area (Å²) >= 11 is 0. The lowest BCUT2D eigenvalue weighted by atomic mass is 9.91. The Labute approximate surface area is 123 Å². The van der Waals surface area contributed by atoms with Gasteiger partial charge in [-0.2, -0.15) is 0 Å². The molecule has 0 spiro atoms. The molecule has 0 aromatic rings. The highest BCUT2D eigenvalue weighted by Gasteiger charge is 2.23. The van der Waals surface area contributed by atoms with E-state index in [0.29, 0.717) is 18.3 Å². The maximum absolute atomic E-state index is 10.8. The number of hydrogen-bond donors (Lipinski definition) is 4. The van der Waals surface area contributed by atoms with E-state index in [-0.39, 0.29) is 12.5 Å². The first kappa shape index (κ1) is 21.6. The molecule has 0 saturated heterocycles. The van der Waals surface area contributed by atoms with Crippen molar-refractivity contribution in [2.24, 2.45) is 29.2 Å². The van der Waals surface area contributed by atoms with Crippen LogP contribution in [0.15, 0.2) is 0 Å². The van der Waals surface area contributed by atoms with Gasteiger partial charge in [0.05, 0.1) is 12.0 Å². The van der Waals surface area contributed by atoms with Gasteiger partial charge in [0.2, 0.25) is 0 Å². The van der Waals surface area contributed by atoms with Crippen molar-refractivity contribution in [3.8, 4) is 0 Å². The summed E-state index contributed by atoms with van der Waals surface area (Å²) in [6.07, 6.45) is 0.783. The summed E-state index contributed by atoms with van der Waals surface area (Å²) in [4.78, 5) is 10.8. The van der Waals surface area contributed by atoms with E-state index in [1.165, 1.54) is 0 Å². The summed E-state index contributed by atoms with van der Waals surface area (Å²) in [5, 5.41) is 18.6. The van der Waals surface area contributed by atoms with E-state index in [2.05, 4.69) is 13.8 Å². The van der Waals surface area contributed by atoms with E-state index in [1.54, 1.807) is 6.92 Å². The molecule has 5 heteroatoms. The zero-order valence-corrected chi connectivity index (χ0v) is 13.7. The van der Waals surface area contributed by atoms with Gasteiger partial charge in [-0.15, -0.1) is 0 Å². The summed E-state index contributed by atoms with van der Waals surface area (Å²) in [6.45, 7) is 10.9. The molecule has 3 atom stereocenters. The summed E-state index contributed by atoms with van der Waals surface area (Å²) in [6, 6.07) is -0.321. The van der Waals surface area contributed by atoms with Crippen LogP contribution in [0.5, 0.6) is 0 Å². The third-order valence-electron chi connectivity index (χ3n) is 3.08. The van der Waals surface area contributed by atoms with Crippen LogP contribution >= 0.6 is 0 Å². The first-order valence-electron chi connectivity index (χ1n) is 7.52. The third kappa shape index (κ3) is 12.4. The lowest BCUT2D eigenvalue weighted by Crippen LogP contribution is -2.38. The number of nitrogens with two attached hydrogens (primary N) is 2. The summed E-state index contributed by atoms with van der Waals surface area (Å²) < 4.78 is 0. The van der Waals surface area contributed by atoms with Crippen molar-refractivity contribution in [3.05, 3.63) is 0 Å². The Kier molecular flexibility index (Phi) is 13.1. The molecule has 1 unspecified atom stereocenters. The van der Waals surface area contributed by atoms with Crippen molar-refractivity contribution in [3.63, 3.8) is 0 Å². The second kappa shape index (κ2) is 12.1. The Balaban J connectivity index is 0. The molecule has 5 nitrogen and oxygen atoms in total. The normalized spacial score (nSPS) is 15.5. The van der Waals surface area contributed by atoms with E-state index < -0.39 is 18.0 Å². The van der Waals surface area contributed by atoms with Gasteiger partial charge in [-0.05, 0) is 37.6 Å². The summed E-state index contributed by atoms with van der Waals surface area (Å²) in [5.41, 5.74) is 10.9. The average Bonchev–Trinajstić information content (AvgIpc) is 2.34. The molecule has 122 valence electrons. The van der Waals surface area contributed by atoms with Crippen LogP contribution in [0.4, 0.5) is 0 Å². The highest BCUT2D eigenvalue weighted by Crippen LogP contribution is 2.16. The van der Waals surface area contributed by atoms with Crippen LogP contribution in [0, 0.1) is 17.8 Å². The molecule has 0 aliphatic rings. The number of carboxylic acids is 1. The van der Waals surface area contributed by atoms with E-state index in [0.717, 1.165) is 13.0 Å². The Bertz CT molecular complexity index is 245. The second-order valence-corrected chi connectivity index (χ2v) is 6.17. The van der Waals surface area contributed by atoms with Crippen LogP contribution in [0.3, 0.4) is 0 Å². The Morgan fingerprint density at radius 2 is 1.55 bits per heavy atom. The van der Waals surface area contributed by atoms with Gasteiger partial charge in [-0.25, -0.2) is 0 Å². The molecule has 0 saturated carbocycles. The minimum atomic E-state index is -0.853. The smallest absolute Gasteiger partial charge is 0.306 e. The molecule has 6 N–H and O–H groups in total. The van der Waals surface area contributed by atoms with Gasteiger partial charge >= 0.3 is 5.97 Å². The number of rotatable bonds is 8. The average molecular weight is 290 g/mol. The zero-order chi connectivity index (χ0) is 16.3. The van der Waals surface area contributed by atoms with E-state index in [1.807, 2.05) is 13.8 Å². The van der Waals surface area contributed by atoms with Crippen molar-refractivity contribution in [2.45, 2.75) is 66.0 Å². The van der Waals surface area contributed by atoms with E-state index in [9.17, 15) is 9.90 Å². The van der Waals surface area contributed by atoms with Gasteiger partial charge in [0, 0.05) is 6.04 Å². The summed E-state index contributed by atoms with van der Waals surface area (Å²) in [7, 11) is 0. The maximum atomic E-state index is 10.8. The minimum Gasteiger partial charge on any atom is -0.481 e. The van der Waals surface area contributed by atoms with Crippen LogP contribution < -0.4 is 11.5 Å². The molecular weight excluding hydrogens is 256 g/mol. The fraction of sp³-hybridized carbons (Fsp3) is 0.933. The predicted octanol–water partition coefficient (Wildman–Crippen LogP) is 1.82. The molecule has 0 aromatic heterocycles. The standard InChI is InChI=1S/C11H23NO3.C4H11N/c1-4-8(11(14)15)6-10(13)9(12)5-7(2)3;1-4(2)3-5/h7-10,13H,4-6,12H2,1-3H3,(H,14,15);4H,3,5H2,1-2H3/t8?,9-,10-;/m0./s1. The Morgan fingerprint density at radius 1 is 1.10 bits per heavy atom. The van der Waals surface area contributed by atoms with E-state index >= 15 is 0 Å². The van der Waals surface area contributed by atoms with Gasteiger partial charge < -0.3 is 21.7 Å². The number of aliphatic hydroxyl groups is 1. The number of hydrogen-bond acceptors (Lipinski definition) is 4. The van der Waals surface area contributed by atoms with Gasteiger partial charge in [0.25, 0.3) is 0 Å². The molecule has 0 amide bonds. The molecule has 0 heterocycles. The first-order chi connectivity index (χ1) is 9.15. The Hall–Kier alpha value is -0.650.